The second-order valence-corrected chi connectivity index (χ2v) is 8.30. The fourth-order valence-electron chi connectivity index (χ4n) is 3.97. The molecule has 144 valence electrons. The third kappa shape index (κ3) is 4.34. The van der Waals surface area contributed by atoms with Gasteiger partial charge in [0.2, 0.25) is 0 Å². The lowest BCUT2D eigenvalue weighted by atomic mass is 10.00. The Hall–Kier alpha value is -2.43. The zero-order chi connectivity index (χ0) is 19.3. The van der Waals surface area contributed by atoms with Gasteiger partial charge in [-0.05, 0) is 72.0 Å². The van der Waals surface area contributed by atoms with Crippen molar-refractivity contribution in [2.75, 3.05) is 18.0 Å². The van der Waals surface area contributed by atoms with Gasteiger partial charge in [0, 0.05) is 36.9 Å². The minimum Gasteiger partial charge on any atom is -0.305 e. The smallest absolute Gasteiger partial charge is 0.258 e. The number of piperidine rings is 1. The molecule has 0 spiro atoms. The van der Waals surface area contributed by atoms with Gasteiger partial charge in [0.25, 0.3) is 5.91 Å². The van der Waals surface area contributed by atoms with Gasteiger partial charge in [-0.2, -0.15) is 11.3 Å². The number of aryl methyl sites for hydroxylation is 1. The highest BCUT2D eigenvalue weighted by molar-refractivity contribution is 7.07. The highest BCUT2D eigenvalue weighted by Gasteiger charge is 2.30. The Balaban J connectivity index is 1.53. The molecule has 0 aliphatic carbocycles. The summed E-state index contributed by atoms with van der Waals surface area (Å²) in [4.78, 5) is 17.9. The lowest BCUT2D eigenvalue weighted by molar-refractivity contribution is 0.0958. The topological polar surface area (TPSA) is 23.6 Å². The van der Waals surface area contributed by atoms with Gasteiger partial charge >= 0.3 is 0 Å². The Kier molecular flexibility index (Phi) is 5.89. The molecule has 28 heavy (non-hydrogen) atoms. The van der Waals surface area contributed by atoms with Crippen LogP contribution in [0.25, 0.3) is 0 Å². The fourth-order valence-corrected chi connectivity index (χ4v) is 4.63. The van der Waals surface area contributed by atoms with Crippen LogP contribution in [0.4, 0.5) is 5.69 Å². The number of rotatable bonds is 5. The van der Waals surface area contributed by atoms with Gasteiger partial charge in [0.15, 0.2) is 0 Å². The average Bonchev–Trinajstić information content (AvgIpc) is 3.23. The molecule has 3 aromatic rings. The molecule has 1 aromatic heterocycles. The van der Waals surface area contributed by atoms with Crippen LogP contribution in [-0.2, 0) is 6.54 Å². The van der Waals surface area contributed by atoms with Crippen LogP contribution in [0, 0.1) is 6.92 Å². The van der Waals surface area contributed by atoms with Crippen LogP contribution in [-0.4, -0.2) is 29.9 Å². The molecule has 2 aromatic carbocycles. The summed E-state index contributed by atoms with van der Waals surface area (Å²) >= 11 is 1.75. The number of benzene rings is 2. The van der Waals surface area contributed by atoms with Crippen LogP contribution in [0.15, 0.2) is 71.4 Å². The number of anilines is 1. The van der Waals surface area contributed by atoms with Crippen molar-refractivity contribution in [3.05, 3.63) is 88.1 Å². The van der Waals surface area contributed by atoms with Crippen LogP contribution >= 0.6 is 11.3 Å². The summed E-state index contributed by atoms with van der Waals surface area (Å²) in [6.07, 6.45) is 1.99. The summed E-state index contributed by atoms with van der Waals surface area (Å²) in [6, 6.07) is 20.4. The molecular weight excluding hydrogens is 364 g/mol. The first-order chi connectivity index (χ1) is 13.7. The molecule has 4 heteroatoms. The number of nitrogens with zero attached hydrogens (tertiary/aromatic N) is 2. The quantitative estimate of drug-likeness (QED) is 0.585. The van der Waals surface area contributed by atoms with Crippen molar-refractivity contribution in [3.63, 3.8) is 0 Å². The van der Waals surface area contributed by atoms with Crippen molar-refractivity contribution >= 4 is 22.9 Å². The summed E-state index contributed by atoms with van der Waals surface area (Å²) in [5, 5.41) is 4.37. The molecule has 2 heterocycles. The van der Waals surface area contributed by atoms with Crippen LogP contribution in [0.3, 0.4) is 0 Å². The molecule has 0 radical (unpaired) electrons. The molecular formula is C24H26N2OS. The summed E-state index contributed by atoms with van der Waals surface area (Å²) in [5.41, 5.74) is 4.33. The molecule has 1 fully saturated rings. The maximum absolute atomic E-state index is 13.4. The van der Waals surface area contributed by atoms with E-state index in [1.807, 2.05) is 41.3 Å². The van der Waals surface area contributed by atoms with E-state index in [4.69, 9.17) is 0 Å². The van der Waals surface area contributed by atoms with Gasteiger partial charge in [0.05, 0.1) is 0 Å². The summed E-state index contributed by atoms with van der Waals surface area (Å²) in [6.45, 7) is 5.13. The van der Waals surface area contributed by atoms with Crippen molar-refractivity contribution in [2.45, 2.75) is 32.4 Å². The van der Waals surface area contributed by atoms with Gasteiger partial charge in [-0.15, -0.1) is 0 Å². The molecule has 3 nitrogen and oxygen atoms in total. The highest BCUT2D eigenvalue weighted by atomic mass is 32.1. The number of thiophene rings is 1. The number of hydrogen-bond acceptors (Lipinski definition) is 3. The number of amides is 1. The van der Waals surface area contributed by atoms with Crippen molar-refractivity contribution < 1.29 is 4.79 Å². The van der Waals surface area contributed by atoms with Gasteiger partial charge in [-0.3, -0.25) is 9.69 Å². The van der Waals surface area contributed by atoms with E-state index in [9.17, 15) is 4.79 Å². The molecule has 0 N–H and O–H groups in total. The molecule has 0 saturated carbocycles. The second-order valence-electron chi connectivity index (χ2n) is 7.52. The lowest BCUT2D eigenvalue weighted by Gasteiger charge is -2.38. The number of carbonyl (C=O) groups excluding carboxylic acids is 1. The summed E-state index contributed by atoms with van der Waals surface area (Å²) < 4.78 is 0. The third-order valence-corrected chi connectivity index (χ3v) is 6.16. The Morgan fingerprint density at radius 1 is 1.07 bits per heavy atom. The third-order valence-electron chi connectivity index (χ3n) is 5.43. The van der Waals surface area contributed by atoms with E-state index in [1.165, 1.54) is 11.1 Å². The number of hydrogen-bond donors (Lipinski definition) is 0. The van der Waals surface area contributed by atoms with E-state index in [-0.39, 0.29) is 11.9 Å². The predicted octanol–water partition coefficient (Wildman–Crippen LogP) is 5.37. The Morgan fingerprint density at radius 3 is 2.54 bits per heavy atom. The Morgan fingerprint density at radius 2 is 1.86 bits per heavy atom. The van der Waals surface area contributed by atoms with Gasteiger partial charge < -0.3 is 4.90 Å². The first-order valence-electron chi connectivity index (χ1n) is 9.89. The van der Waals surface area contributed by atoms with Gasteiger partial charge in [-0.1, -0.05) is 30.3 Å². The van der Waals surface area contributed by atoms with E-state index in [2.05, 4.69) is 46.8 Å². The zero-order valence-electron chi connectivity index (χ0n) is 16.3. The molecule has 0 bridgehead atoms. The first kappa shape index (κ1) is 18.9. The monoisotopic (exact) mass is 390 g/mol. The van der Waals surface area contributed by atoms with Crippen LogP contribution < -0.4 is 4.90 Å². The zero-order valence-corrected chi connectivity index (χ0v) is 17.1. The van der Waals surface area contributed by atoms with E-state index < -0.39 is 0 Å². The molecule has 4 rings (SSSR count). The minimum atomic E-state index is 0.0995. The van der Waals surface area contributed by atoms with Gasteiger partial charge in [-0.25, -0.2) is 0 Å². The second kappa shape index (κ2) is 8.72. The number of carbonyl (C=O) groups is 1. The normalized spacial score (nSPS) is 15.5. The number of likely N-dealkylation sites (tertiary alicyclic amines) is 1. The lowest BCUT2D eigenvalue weighted by Crippen LogP contribution is -2.47. The van der Waals surface area contributed by atoms with Crippen LogP contribution in [0.2, 0.25) is 0 Å². The fraction of sp³-hybridized carbons (Fsp3) is 0.292. The Bertz CT molecular complexity index is 899. The first-order valence-corrected chi connectivity index (χ1v) is 10.8. The Labute approximate surface area is 171 Å². The summed E-state index contributed by atoms with van der Waals surface area (Å²) in [5.74, 6) is 0.0995. The van der Waals surface area contributed by atoms with Gasteiger partial charge in [0.1, 0.15) is 0 Å². The molecule has 1 aliphatic heterocycles. The standard InChI is InChI=1S/C24H26N2OS/c1-19-6-5-9-23(16-19)26(24(27)21-7-3-2-4-8-21)22-10-13-25(14-11-22)17-20-12-15-28-18-20/h2-9,12,15-16,18,22H,10-11,13-14,17H2,1H3. The predicted molar refractivity (Wildman–Crippen MR) is 117 cm³/mol. The largest absolute Gasteiger partial charge is 0.305 e. The molecule has 1 aliphatic rings. The van der Waals surface area contributed by atoms with E-state index in [0.29, 0.717) is 0 Å². The van der Waals surface area contributed by atoms with Crippen LogP contribution in [0.1, 0.15) is 34.3 Å². The molecule has 1 saturated heterocycles. The van der Waals surface area contributed by atoms with E-state index >= 15 is 0 Å². The SMILES string of the molecule is Cc1cccc(N(C(=O)c2ccccc2)C2CCN(Cc3ccsc3)CC2)c1. The molecule has 0 unspecified atom stereocenters. The van der Waals surface area contributed by atoms with E-state index in [0.717, 1.165) is 43.7 Å². The highest BCUT2D eigenvalue weighted by Crippen LogP contribution is 2.27. The summed E-state index contributed by atoms with van der Waals surface area (Å²) in [7, 11) is 0. The molecule has 0 atom stereocenters. The van der Waals surface area contributed by atoms with Crippen molar-refractivity contribution in [1.82, 2.24) is 4.90 Å². The van der Waals surface area contributed by atoms with Crippen molar-refractivity contribution in [2.24, 2.45) is 0 Å². The maximum atomic E-state index is 13.4. The maximum Gasteiger partial charge on any atom is 0.258 e. The van der Waals surface area contributed by atoms with Crippen LogP contribution in [0.5, 0.6) is 0 Å². The van der Waals surface area contributed by atoms with Crippen molar-refractivity contribution in [3.8, 4) is 0 Å². The molecule has 1 amide bonds. The van der Waals surface area contributed by atoms with E-state index in [1.54, 1.807) is 11.3 Å². The average molecular weight is 391 g/mol. The minimum absolute atomic E-state index is 0.0995. The van der Waals surface area contributed by atoms with Crippen molar-refractivity contribution in [1.29, 1.82) is 0 Å².